The summed E-state index contributed by atoms with van der Waals surface area (Å²) < 4.78 is 2.21. The first kappa shape index (κ1) is 17.2. The summed E-state index contributed by atoms with van der Waals surface area (Å²) in [5.41, 5.74) is 5.75. The van der Waals surface area contributed by atoms with Crippen LogP contribution in [0, 0.1) is 0 Å². The van der Waals surface area contributed by atoms with Crippen molar-refractivity contribution in [2.75, 3.05) is 36.8 Å². The molecule has 2 N–H and O–H groups in total. The van der Waals surface area contributed by atoms with Crippen molar-refractivity contribution in [3.8, 4) is 0 Å². The minimum Gasteiger partial charge on any atom is -0.368 e. The van der Waals surface area contributed by atoms with Crippen molar-refractivity contribution in [3.05, 3.63) is 23.9 Å². The number of nitrogens with two attached hydrogens (primary N) is 1. The lowest BCUT2D eigenvalue weighted by atomic mass is 9.97. The molecule has 0 spiro atoms. The normalized spacial score (nSPS) is 21.9. The number of likely N-dealkylation sites (tertiary alicyclic amines) is 1. The Morgan fingerprint density at radius 3 is 2.77 bits per heavy atom. The number of anilines is 2. The van der Waals surface area contributed by atoms with E-state index in [1.807, 2.05) is 6.07 Å². The van der Waals surface area contributed by atoms with Gasteiger partial charge in [-0.15, -0.1) is 10.2 Å². The molecule has 4 heterocycles. The molecule has 8 nitrogen and oxygen atoms in total. The maximum absolute atomic E-state index is 5.75. The molecule has 0 amide bonds. The summed E-state index contributed by atoms with van der Waals surface area (Å²) >= 11 is 0. The molecule has 1 atom stereocenters. The summed E-state index contributed by atoms with van der Waals surface area (Å²) in [4.78, 5) is 13.1. The van der Waals surface area contributed by atoms with Crippen LogP contribution in [-0.2, 0) is 13.6 Å². The van der Waals surface area contributed by atoms with E-state index in [9.17, 15) is 0 Å². The van der Waals surface area contributed by atoms with Gasteiger partial charge in [-0.3, -0.25) is 4.90 Å². The lowest BCUT2D eigenvalue weighted by Gasteiger charge is -2.33. The van der Waals surface area contributed by atoms with Gasteiger partial charge in [-0.2, -0.15) is 4.98 Å². The molecule has 2 aromatic heterocycles. The van der Waals surface area contributed by atoms with E-state index in [0.29, 0.717) is 11.9 Å². The quantitative estimate of drug-likeness (QED) is 0.889. The van der Waals surface area contributed by atoms with E-state index >= 15 is 0 Å². The predicted octanol–water partition coefficient (Wildman–Crippen LogP) is 1.56. The van der Waals surface area contributed by atoms with Crippen LogP contribution in [0.3, 0.4) is 0 Å². The average Bonchev–Trinajstić information content (AvgIpc) is 3.03. The Labute approximate surface area is 154 Å². The van der Waals surface area contributed by atoms with Gasteiger partial charge in [-0.1, -0.05) is 6.42 Å². The highest BCUT2D eigenvalue weighted by molar-refractivity contribution is 5.42. The van der Waals surface area contributed by atoms with Crippen LogP contribution in [0.1, 0.15) is 49.7 Å². The van der Waals surface area contributed by atoms with Crippen LogP contribution in [0.5, 0.6) is 0 Å². The number of nitrogens with zero attached hydrogens (tertiary/aromatic N) is 7. The number of piperidine rings is 2. The minimum absolute atomic E-state index is 0.326. The van der Waals surface area contributed by atoms with E-state index in [-0.39, 0.29) is 0 Å². The molecule has 2 aromatic rings. The standard InChI is InChI=1S/C18H28N8/c1-24-16(13-25-9-3-2-4-10-25)22-23-17(24)14-6-5-11-26(12-14)15-7-8-20-18(19)21-15/h7-8,14H,2-6,9-13H2,1H3,(H2,19,20,21). The number of rotatable bonds is 4. The van der Waals surface area contributed by atoms with Crippen molar-refractivity contribution in [2.24, 2.45) is 7.05 Å². The Bertz CT molecular complexity index is 737. The molecule has 2 fully saturated rings. The van der Waals surface area contributed by atoms with Gasteiger partial charge < -0.3 is 15.2 Å². The number of nitrogen functional groups attached to an aromatic ring is 1. The summed E-state index contributed by atoms with van der Waals surface area (Å²) in [6.45, 7) is 5.14. The van der Waals surface area contributed by atoms with Gasteiger partial charge in [0.15, 0.2) is 0 Å². The van der Waals surface area contributed by atoms with Crippen molar-refractivity contribution < 1.29 is 0 Å². The molecule has 0 saturated carbocycles. The third-order valence-electron chi connectivity index (χ3n) is 5.58. The Kier molecular flexibility index (Phi) is 5.01. The zero-order valence-electron chi connectivity index (χ0n) is 15.5. The first-order valence-electron chi connectivity index (χ1n) is 9.64. The van der Waals surface area contributed by atoms with E-state index < -0.39 is 0 Å². The fraction of sp³-hybridized carbons (Fsp3) is 0.667. The van der Waals surface area contributed by atoms with Gasteiger partial charge in [0.25, 0.3) is 0 Å². The maximum atomic E-state index is 5.75. The topological polar surface area (TPSA) is 89.0 Å². The van der Waals surface area contributed by atoms with Gasteiger partial charge in [0.2, 0.25) is 5.95 Å². The molecular weight excluding hydrogens is 328 g/mol. The van der Waals surface area contributed by atoms with Crippen molar-refractivity contribution in [3.63, 3.8) is 0 Å². The zero-order chi connectivity index (χ0) is 17.9. The Morgan fingerprint density at radius 1 is 1.12 bits per heavy atom. The van der Waals surface area contributed by atoms with Crippen molar-refractivity contribution >= 4 is 11.8 Å². The van der Waals surface area contributed by atoms with Gasteiger partial charge in [0, 0.05) is 32.3 Å². The van der Waals surface area contributed by atoms with Crippen molar-refractivity contribution in [1.29, 1.82) is 0 Å². The number of hydrogen-bond donors (Lipinski definition) is 1. The minimum atomic E-state index is 0.326. The van der Waals surface area contributed by atoms with E-state index in [1.54, 1.807) is 6.20 Å². The highest BCUT2D eigenvalue weighted by atomic mass is 15.3. The molecule has 4 rings (SSSR count). The zero-order valence-corrected chi connectivity index (χ0v) is 15.5. The van der Waals surface area contributed by atoms with Crippen LogP contribution in [0.25, 0.3) is 0 Å². The largest absolute Gasteiger partial charge is 0.368 e. The van der Waals surface area contributed by atoms with Gasteiger partial charge in [0.05, 0.1) is 6.54 Å². The number of hydrogen-bond acceptors (Lipinski definition) is 7. The van der Waals surface area contributed by atoms with Crippen molar-refractivity contribution in [1.82, 2.24) is 29.6 Å². The summed E-state index contributed by atoms with van der Waals surface area (Å²) in [5.74, 6) is 3.76. The molecule has 2 aliphatic heterocycles. The summed E-state index contributed by atoms with van der Waals surface area (Å²) in [7, 11) is 2.11. The molecule has 140 valence electrons. The molecule has 0 aliphatic carbocycles. The molecule has 0 bridgehead atoms. The molecule has 2 saturated heterocycles. The van der Waals surface area contributed by atoms with Crippen LogP contribution in [-0.4, -0.2) is 55.8 Å². The molecule has 1 unspecified atom stereocenters. The van der Waals surface area contributed by atoms with Crippen LogP contribution >= 0.6 is 0 Å². The fourth-order valence-electron chi connectivity index (χ4n) is 4.12. The summed E-state index contributed by atoms with van der Waals surface area (Å²) in [6, 6.07) is 1.93. The highest BCUT2D eigenvalue weighted by Gasteiger charge is 2.27. The van der Waals surface area contributed by atoms with E-state index in [2.05, 4.69) is 41.6 Å². The first-order chi connectivity index (χ1) is 12.7. The van der Waals surface area contributed by atoms with Crippen LogP contribution in [0.15, 0.2) is 12.3 Å². The number of aromatic nitrogens is 5. The van der Waals surface area contributed by atoms with E-state index in [0.717, 1.165) is 49.9 Å². The van der Waals surface area contributed by atoms with E-state index in [4.69, 9.17) is 5.73 Å². The Balaban J connectivity index is 1.46. The van der Waals surface area contributed by atoms with Crippen LogP contribution in [0.2, 0.25) is 0 Å². The smallest absolute Gasteiger partial charge is 0.221 e. The van der Waals surface area contributed by atoms with E-state index in [1.165, 1.54) is 32.4 Å². The fourth-order valence-corrected chi connectivity index (χ4v) is 4.12. The van der Waals surface area contributed by atoms with Crippen LogP contribution < -0.4 is 10.6 Å². The first-order valence-corrected chi connectivity index (χ1v) is 9.64. The third kappa shape index (κ3) is 3.65. The second-order valence-electron chi connectivity index (χ2n) is 7.43. The third-order valence-corrected chi connectivity index (χ3v) is 5.58. The maximum Gasteiger partial charge on any atom is 0.221 e. The predicted molar refractivity (Wildman–Crippen MR) is 101 cm³/mol. The second kappa shape index (κ2) is 7.57. The summed E-state index contributed by atoms with van der Waals surface area (Å²) in [5, 5.41) is 9.06. The molecule has 0 radical (unpaired) electrons. The molecular formula is C18H28N8. The molecule has 26 heavy (non-hydrogen) atoms. The lowest BCUT2D eigenvalue weighted by Crippen LogP contribution is -2.36. The second-order valence-corrected chi connectivity index (χ2v) is 7.43. The van der Waals surface area contributed by atoms with Crippen molar-refractivity contribution in [2.45, 2.75) is 44.6 Å². The summed E-state index contributed by atoms with van der Waals surface area (Å²) in [6.07, 6.45) is 7.91. The van der Waals surface area contributed by atoms with Gasteiger partial charge in [-0.05, 0) is 44.8 Å². The highest BCUT2D eigenvalue weighted by Crippen LogP contribution is 2.28. The van der Waals surface area contributed by atoms with Gasteiger partial charge >= 0.3 is 0 Å². The molecule has 0 aromatic carbocycles. The monoisotopic (exact) mass is 356 g/mol. The SMILES string of the molecule is Cn1c(CN2CCCCC2)nnc1C1CCCN(c2ccnc(N)n2)C1. The molecule has 8 heteroatoms. The average molecular weight is 356 g/mol. The van der Waals surface area contributed by atoms with Crippen LogP contribution in [0.4, 0.5) is 11.8 Å². The molecule has 2 aliphatic rings. The van der Waals surface area contributed by atoms with Gasteiger partial charge in [0.1, 0.15) is 17.5 Å². The lowest BCUT2D eigenvalue weighted by molar-refractivity contribution is 0.213. The van der Waals surface area contributed by atoms with Gasteiger partial charge in [-0.25, -0.2) is 4.98 Å². The Morgan fingerprint density at radius 2 is 1.96 bits per heavy atom. The Hall–Kier alpha value is -2.22.